The average molecular weight is 564 g/mol. The number of nitrogens with one attached hydrogen (secondary N) is 2. The van der Waals surface area contributed by atoms with Gasteiger partial charge in [0, 0.05) is 30.2 Å². The fourth-order valence-corrected chi connectivity index (χ4v) is 5.17. The van der Waals surface area contributed by atoms with E-state index in [0.29, 0.717) is 32.2 Å². The number of unbranched alkanes of at least 4 members (excludes halogenated alkanes) is 1. The molecule has 0 radical (unpaired) electrons. The van der Waals surface area contributed by atoms with Crippen LogP contribution in [0.5, 0.6) is 0 Å². The highest BCUT2D eigenvalue weighted by Crippen LogP contribution is 2.24. The molecule has 0 fully saturated rings. The summed E-state index contributed by atoms with van der Waals surface area (Å²) in [5.41, 5.74) is 7.62. The van der Waals surface area contributed by atoms with Crippen molar-refractivity contribution >= 4 is 29.1 Å². The van der Waals surface area contributed by atoms with E-state index in [1.807, 2.05) is 98.9 Å². The van der Waals surface area contributed by atoms with Gasteiger partial charge in [-0.25, -0.2) is 4.79 Å². The third kappa shape index (κ3) is 10.6. The smallest absolute Gasteiger partial charge is 0.407 e. The molecule has 0 aliphatic rings. The van der Waals surface area contributed by atoms with Crippen LogP contribution in [0.25, 0.3) is 0 Å². The maximum absolute atomic E-state index is 13.7. The molecule has 214 valence electrons. The summed E-state index contributed by atoms with van der Waals surface area (Å²) >= 11 is 1.57. The van der Waals surface area contributed by atoms with Crippen molar-refractivity contribution in [1.82, 2.24) is 10.6 Å². The second kappa shape index (κ2) is 15.3. The summed E-state index contributed by atoms with van der Waals surface area (Å²) in [5, 5.41) is 7.92. The molecule has 1 aromatic heterocycles. The number of ketones is 1. The monoisotopic (exact) mass is 563 g/mol. The molecule has 0 aliphatic heterocycles. The van der Waals surface area contributed by atoms with Gasteiger partial charge in [-0.05, 0) is 56.2 Å². The molecule has 2 amide bonds. The predicted octanol–water partition coefficient (Wildman–Crippen LogP) is 5.79. The van der Waals surface area contributed by atoms with Crippen LogP contribution in [-0.4, -0.2) is 36.0 Å². The van der Waals surface area contributed by atoms with E-state index in [4.69, 9.17) is 10.5 Å². The molecule has 0 bridgehead atoms. The fraction of sp³-hybridized carbons (Fsp3) is 0.406. The number of amides is 2. The van der Waals surface area contributed by atoms with Crippen LogP contribution < -0.4 is 16.4 Å². The average Bonchev–Trinajstić information content (AvgIpc) is 3.43. The minimum absolute atomic E-state index is 0.0637. The fourth-order valence-electron chi connectivity index (χ4n) is 4.41. The Balaban J connectivity index is 1.68. The first-order valence-corrected chi connectivity index (χ1v) is 14.7. The Morgan fingerprint density at radius 3 is 2.08 bits per heavy atom. The lowest BCUT2D eigenvalue weighted by molar-refractivity contribution is -0.130. The Bertz CT molecular complexity index is 1150. The Morgan fingerprint density at radius 1 is 0.900 bits per heavy atom. The van der Waals surface area contributed by atoms with Gasteiger partial charge in [-0.15, -0.1) is 11.3 Å². The van der Waals surface area contributed by atoms with Crippen LogP contribution in [0.4, 0.5) is 4.79 Å². The normalized spacial score (nSPS) is 12.9. The summed E-state index contributed by atoms with van der Waals surface area (Å²) in [6.45, 7) is 5.86. The van der Waals surface area contributed by atoms with E-state index in [0.717, 1.165) is 16.0 Å². The highest BCUT2D eigenvalue weighted by Gasteiger charge is 2.27. The van der Waals surface area contributed by atoms with E-state index in [2.05, 4.69) is 10.6 Å². The van der Waals surface area contributed by atoms with E-state index in [1.54, 1.807) is 11.3 Å². The molecular weight excluding hydrogens is 522 g/mol. The zero-order valence-corrected chi connectivity index (χ0v) is 24.4. The molecule has 0 saturated carbocycles. The van der Waals surface area contributed by atoms with E-state index < -0.39 is 23.7 Å². The zero-order valence-electron chi connectivity index (χ0n) is 23.6. The molecule has 1 heterocycles. The van der Waals surface area contributed by atoms with E-state index in [1.165, 1.54) is 0 Å². The quantitative estimate of drug-likeness (QED) is 0.215. The maximum Gasteiger partial charge on any atom is 0.407 e. The number of thiophene rings is 1. The number of carbonyl (C=O) groups is 3. The standard InChI is InChI=1S/C32H41N3O4S/c1-32(2,3)39-31(38)34-19-11-10-17-25(21-28(36)27(33)22-26-18-12-20-40-26)30(37)35-29(23-13-6-4-7-14-23)24-15-8-5-9-16-24/h4-9,12-16,18,20,25,27,29H,10-11,17,19,21-22,33H2,1-3H3,(H,34,38)(H,35,37)/t25-,27+/m1/s1. The van der Waals surface area contributed by atoms with Gasteiger partial charge in [-0.3, -0.25) is 9.59 Å². The first-order chi connectivity index (χ1) is 19.1. The van der Waals surface area contributed by atoms with E-state index >= 15 is 0 Å². The number of rotatable bonds is 14. The topological polar surface area (TPSA) is 111 Å². The van der Waals surface area contributed by atoms with Crippen LogP contribution in [0.3, 0.4) is 0 Å². The van der Waals surface area contributed by atoms with Gasteiger partial charge in [0.1, 0.15) is 5.60 Å². The summed E-state index contributed by atoms with van der Waals surface area (Å²) in [4.78, 5) is 39.9. The van der Waals surface area contributed by atoms with Crippen LogP contribution >= 0.6 is 11.3 Å². The van der Waals surface area contributed by atoms with Gasteiger partial charge in [0.05, 0.1) is 12.1 Å². The second-order valence-electron chi connectivity index (χ2n) is 10.9. The number of hydrogen-bond donors (Lipinski definition) is 3. The molecule has 40 heavy (non-hydrogen) atoms. The van der Waals surface area contributed by atoms with Crippen molar-refractivity contribution < 1.29 is 19.1 Å². The summed E-state index contributed by atoms with van der Waals surface area (Å²) in [6.07, 6.45) is 1.86. The van der Waals surface area contributed by atoms with Gasteiger partial charge >= 0.3 is 6.09 Å². The number of ether oxygens (including phenoxy) is 1. The Labute approximate surface area is 241 Å². The lowest BCUT2D eigenvalue weighted by atomic mass is 9.90. The second-order valence-corrected chi connectivity index (χ2v) is 12.0. The molecule has 3 aromatic rings. The van der Waals surface area contributed by atoms with Crippen molar-refractivity contribution in [2.24, 2.45) is 11.7 Å². The Morgan fingerprint density at radius 2 is 1.52 bits per heavy atom. The molecule has 2 atom stereocenters. The van der Waals surface area contributed by atoms with E-state index in [9.17, 15) is 14.4 Å². The van der Waals surface area contributed by atoms with Crippen LogP contribution in [0.1, 0.15) is 68.5 Å². The predicted molar refractivity (Wildman–Crippen MR) is 160 cm³/mol. The van der Waals surface area contributed by atoms with Crippen molar-refractivity contribution in [2.75, 3.05) is 6.54 Å². The van der Waals surface area contributed by atoms with Crippen molar-refractivity contribution in [2.45, 2.75) is 70.6 Å². The third-order valence-electron chi connectivity index (χ3n) is 6.43. The van der Waals surface area contributed by atoms with Crippen molar-refractivity contribution in [3.05, 3.63) is 94.2 Å². The number of benzene rings is 2. The summed E-state index contributed by atoms with van der Waals surface area (Å²) in [7, 11) is 0. The summed E-state index contributed by atoms with van der Waals surface area (Å²) in [5.74, 6) is -0.857. The van der Waals surface area contributed by atoms with Crippen LogP contribution in [-0.2, 0) is 20.7 Å². The Kier molecular flexibility index (Phi) is 11.9. The first kappa shape index (κ1) is 31.0. The van der Waals surface area contributed by atoms with Crippen LogP contribution in [0, 0.1) is 5.92 Å². The highest BCUT2D eigenvalue weighted by atomic mass is 32.1. The number of carbonyl (C=O) groups excluding carboxylic acids is 3. The molecule has 2 aromatic carbocycles. The minimum Gasteiger partial charge on any atom is -0.444 e. The molecule has 0 aliphatic carbocycles. The number of alkyl carbamates (subject to hydrolysis) is 1. The van der Waals surface area contributed by atoms with Crippen molar-refractivity contribution in [3.63, 3.8) is 0 Å². The Hall–Kier alpha value is -3.49. The van der Waals surface area contributed by atoms with Gasteiger partial charge in [0.25, 0.3) is 0 Å². The van der Waals surface area contributed by atoms with Gasteiger partial charge in [0.15, 0.2) is 5.78 Å². The van der Waals surface area contributed by atoms with Gasteiger partial charge in [-0.1, -0.05) is 73.2 Å². The van der Waals surface area contributed by atoms with Gasteiger partial charge in [0.2, 0.25) is 5.91 Å². The van der Waals surface area contributed by atoms with Crippen LogP contribution in [0.15, 0.2) is 78.2 Å². The molecule has 0 spiro atoms. The van der Waals surface area contributed by atoms with Crippen molar-refractivity contribution in [3.8, 4) is 0 Å². The molecular formula is C32H41N3O4S. The lowest BCUT2D eigenvalue weighted by Gasteiger charge is -2.24. The molecule has 7 nitrogen and oxygen atoms in total. The largest absolute Gasteiger partial charge is 0.444 e. The summed E-state index contributed by atoms with van der Waals surface area (Å²) in [6, 6.07) is 22.5. The number of nitrogens with two attached hydrogens (primary N) is 1. The maximum atomic E-state index is 13.7. The van der Waals surface area contributed by atoms with Gasteiger partial charge in [-0.2, -0.15) is 0 Å². The third-order valence-corrected chi connectivity index (χ3v) is 7.33. The highest BCUT2D eigenvalue weighted by molar-refractivity contribution is 7.09. The number of hydrogen-bond acceptors (Lipinski definition) is 6. The molecule has 0 saturated heterocycles. The van der Waals surface area contributed by atoms with Crippen molar-refractivity contribution in [1.29, 1.82) is 0 Å². The molecule has 0 unspecified atom stereocenters. The molecule has 8 heteroatoms. The SMILES string of the molecule is CC(C)(C)OC(=O)NCCCC[C@H](CC(=O)[C@@H](N)Cc1cccs1)C(=O)NC(c1ccccc1)c1ccccc1. The minimum atomic E-state index is -0.665. The summed E-state index contributed by atoms with van der Waals surface area (Å²) < 4.78 is 5.28. The van der Waals surface area contributed by atoms with Crippen LogP contribution in [0.2, 0.25) is 0 Å². The van der Waals surface area contributed by atoms with E-state index in [-0.39, 0.29) is 24.2 Å². The molecule has 4 N–H and O–H groups in total. The lowest BCUT2D eigenvalue weighted by Crippen LogP contribution is -2.39. The number of Topliss-reactive ketones (excluding diaryl/α,β-unsaturated/α-hetero) is 1. The molecule has 3 rings (SSSR count). The first-order valence-electron chi connectivity index (χ1n) is 13.8. The van der Waals surface area contributed by atoms with Gasteiger partial charge < -0.3 is 21.1 Å². The zero-order chi connectivity index (χ0) is 29.0.